The van der Waals surface area contributed by atoms with Crippen molar-refractivity contribution in [1.82, 2.24) is 0 Å². The Labute approximate surface area is 102 Å². The molecule has 0 rings (SSSR count). The molecule has 4 heteroatoms. The molecule has 0 saturated carbocycles. The molecule has 0 aromatic heterocycles. The Morgan fingerprint density at radius 2 is 2.29 bits per heavy atom. The van der Waals surface area contributed by atoms with Gasteiger partial charge >= 0.3 is 0 Å². The van der Waals surface area contributed by atoms with Crippen LogP contribution < -0.4 is 0 Å². The Morgan fingerprint density at radius 1 is 1.86 bits per heavy atom. The maximum Gasteiger partial charge on any atom is 0.101 e. The van der Waals surface area contributed by atoms with Crippen LogP contribution in [-0.4, -0.2) is 60.7 Å². The average molecular weight is 177 g/mol. The fourth-order valence-electron chi connectivity index (χ4n) is 0.123. The Kier molecular flexibility index (Phi) is 14.6. The van der Waals surface area contributed by atoms with E-state index >= 15 is 0 Å². The smallest absolute Gasteiger partial charge is 0.101 e. The van der Waals surface area contributed by atoms with Gasteiger partial charge in [0.05, 0.1) is 0 Å². The number of hydrogen-bond donors (Lipinski definition) is 1. The molecule has 0 aromatic carbocycles. The molecule has 0 bridgehead atoms. The standard InChI is InChI=1S/C3H6S3.K/c1-2-6-3(4)5;/h2H2,1H3,(H,4,5);. The van der Waals surface area contributed by atoms with Crippen molar-refractivity contribution in [2.45, 2.75) is 6.92 Å². The predicted octanol–water partition coefficient (Wildman–Crippen LogP) is 1.57. The van der Waals surface area contributed by atoms with Gasteiger partial charge in [-0.2, -0.15) is 0 Å². The first-order valence-electron chi connectivity index (χ1n) is 1.63. The second-order valence-electron chi connectivity index (χ2n) is 0.699. The van der Waals surface area contributed by atoms with Crippen LogP contribution in [0.5, 0.6) is 0 Å². The molecule has 0 aliphatic heterocycles. The minimum absolute atomic E-state index is 0. The summed E-state index contributed by atoms with van der Waals surface area (Å²) in [5.74, 6) is 1.03. The molecule has 0 aromatic rings. The summed E-state index contributed by atoms with van der Waals surface area (Å²) < 4.78 is 0.734. The van der Waals surface area contributed by atoms with Crippen LogP contribution in [0.25, 0.3) is 0 Å². The molecule has 0 atom stereocenters. The zero-order chi connectivity index (χ0) is 4.99. The van der Waals surface area contributed by atoms with Crippen molar-refractivity contribution < 1.29 is 0 Å². The van der Waals surface area contributed by atoms with Crippen molar-refractivity contribution in [1.29, 1.82) is 0 Å². The number of thiol groups is 1. The van der Waals surface area contributed by atoms with Crippen LogP contribution in [0, 0.1) is 0 Å². The number of thioether (sulfide) groups is 1. The van der Waals surface area contributed by atoms with Crippen LogP contribution in [0.4, 0.5) is 0 Å². The molecule has 0 spiro atoms. The SMILES string of the molecule is CCSC(=S)S.[K]. The minimum Gasteiger partial charge on any atom is -0.125 e. The van der Waals surface area contributed by atoms with Gasteiger partial charge in [0.15, 0.2) is 0 Å². The first-order chi connectivity index (χ1) is 2.77. The second kappa shape index (κ2) is 8.43. The maximum absolute atomic E-state index is 4.62. The number of rotatable bonds is 1. The van der Waals surface area contributed by atoms with E-state index in [0.717, 1.165) is 9.28 Å². The Bertz CT molecular complexity index is 54.1. The summed E-state index contributed by atoms with van der Waals surface area (Å²) in [5.41, 5.74) is 0. The summed E-state index contributed by atoms with van der Waals surface area (Å²) >= 11 is 10.1. The van der Waals surface area contributed by atoms with E-state index in [1.807, 2.05) is 6.92 Å². The van der Waals surface area contributed by atoms with Gasteiger partial charge in [0.2, 0.25) is 0 Å². The van der Waals surface area contributed by atoms with E-state index in [1.165, 1.54) is 0 Å². The molecular formula is C3H6KS3. The molecule has 0 N–H and O–H groups in total. The molecule has 0 nitrogen and oxygen atoms in total. The summed E-state index contributed by atoms with van der Waals surface area (Å²) in [7, 11) is 0. The molecular weight excluding hydrogens is 171 g/mol. The molecule has 0 amide bonds. The maximum atomic E-state index is 4.62. The van der Waals surface area contributed by atoms with Gasteiger partial charge in [0.1, 0.15) is 3.53 Å². The van der Waals surface area contributed by atoms with Gasteiger partial charge in [-0.25, -0.2) is 0 Å². The second-order valence-corrected chi connectivity index (χ2v) is 3.69. The van der Waals surface area contributed by atoms with Crippen LogP contribution in [0.2, 0.25) is 0 Å². The fourth-order valence-corrected chi connectivity index (χ4v) is 1.11. The van der Waals surface area contributed by atoms with Gasteiger partial charge in [-0.05, 0) is 5.75 Å². The molecule has 0 aliphatic carbocycles. The van der Waals surface area contributed by atoms with Gasteiger partial charge in [-0.1, -0.05) is 19.1 Å². The van der Waals surface area contributed by atoms with Gasteiger partial charge < -0.3 is 0 Å². The molecule has 1 radical (unpaired) electrons. The predicted molar refractivity (Wildman–Crippen MR) is 45.5 cm³/mol. The first-order valence-corrected chi connectivity index (χ1v) is 3.47. The van der Waals surface area contributed by atoms with Crippen LogP contribution in [-0.2, 0) is 0 Å². The van der Waals surface area contributed by atoms with Crippen molar-refractivity contribution in [3.63, 3.8) is 0 Å². The molecule has 37 valence electrons. The van der Waals surface area contributed by atoms with Crippen LogP contribution in [0.1, 0.15) is 6.92 Å². The average Bonchev–Trinajstić information content (AvgIpc) is 1.35. The summed E-state index contributed by atoms with van der Waals surface area (Å²) in [6.07, 6.45) is 0. The van der Waals surface area contributed by atoms with Crippen LogP contribution in [0.15, 0.2) is 0 Å². The fraction of sp³-hybridized carbons (Fsp3) is 0.667. The van der Waals surface area contributed by atoms with Crippen molar-refractivity contribution in [3.05, 3.63) is 0 Å². The Balaban J connectivity index is 0. The molecule has 0 unspecified atom stereocenters. The molecule has 0 heterocycles. The third-order valence-corrected chi connectivity index (χ3v) is 1.54. The Hall–Kier alpha value is 2.43. The van der Waals surface area contributed by atoms with Crippen LogP contribution >= 0.6 is 36.6 Å². The van der Waals surface area contributed by atoms with E-state index in [-0.39, 0.29) is 51.4 Å². The van der Waals surface area contributed by atoms with E-state index < -0.39 is 0 Å². The first kappa shape index (κ1) is 12.1. The summed E-state index contributed by atoms with van der Waals surface area (Å²) in [4.78, 5) is 0. The molecule has 0 aliphatic rings. The topological polar surface area (TPSA) is 0 Å². The van der Waals surface area contributed by atoms with E-state index in [2.05, 4.69) is 24.8 Å². The van der Waals surface area contributed by atoms with Crippen molar-refractivity contribution in [3.8, 4) is 0 Å². The van der Waals surface area contributed by atoms with Gasteiger partial charge in [-0.3, -0.25) is 0 Å². The van der Waals surface area contributed by atoms with Crippen LogP contribution in [0.3, 0.4) is 0 Å². The quantitative estimate of drug-likeness (QED) is 0.367. The monoisotopic (exact) mass is 177 g/mol. The van der Waals surface area contributed by atoms with E-state index in [1.54, 1.807) is 11.8 Å². The van der Waals surface area contributed by atoms with Crippen molar-refractivity contribution >= 4 is 91.5 Å². The van der Waals surface area contributed by atoms with Gasteiger partial charge in [0, 0.05) is 51.4 Å². The molecule has 7 heavy (non-hydrogen) atoms. The number of hydrogen-bond acceptors (Lipinski definition) is 2. The largest absolute Gasteiger partial charge is 0.125 e. The zero-order valence-electron chi connectivity index (χ0n) is 4.47. The third-order valence-electron chi connectivity index (χ3n) is 0.268. The summed E-state index contributed by atoms with van der Waals surface area (Å²) in [6, 6.07) is 0. The Morgan fingerprint density at radius 3 is 2.29 bits per heavy atom. The van der Waals surface area contributed by atoms with E-state index in [4.69, 9.17) is 0 Å². The number of thiocarbonyl (C=S) groups is 1. The zero-order valence-corrected chi connectivity index (χ0v) is 10.1. The summed E-state index contributed by atoms with van der Waals surface area (Å²) in [5, 5.41) is 0. The normalized spacial score (nSPS) is 7.14. The van der Waals surface area contributed by atoms with Gasteiger partial charge in [-0.15, -0.1) is 24.4 Å². The van der Waals surface area contributed by atoms with Gasteiger partial charge in [0.25, 0.3) is 0 Å². The van der Waals surface area contributed by atoms with E-state index in [9.17, 15) is 0 Å². The molecule has 0 fully saturated rings. The summed E-state index contributed by atoms with van der Waals surface area (Å²) in [6.45, 7) is 2.05. The minimum atomic E-state index is 0. The van der Waals surface area contributed by atoms with Crippen molar-refractivity contribution in [2.75, 3.05) is 5.75 Å². The van der Waals surface area contributed by atoms with Crippen molar-refractivity contribution in [2.24, 2.45) is 0 Å². The third kappa shape index (κ3) is 11.8. The van der Waals surface area contributed by atoms with E-state index in [0.29, 0.717) is 0 Å². The molecule has 0 saturated heterocycles.